The highest BCUT2D eigenvalue weighted by molar-refractivity contribution is 5.95. The van der Waals surface area contributed by atoms with Crippen molar-refractivity contribution in [1.29, 1.82) is 0 Å². The molecule has 0 saturated carbocycles. The number of oxazole rings is 1. The second kappa shape index (κ2) is 13.1. The van der Waals surface area contributed by atoms with Crippen LogP contribution in [0.25, 0.3) is 11.5 Å². The Kier molecular flexibility index (Phi) is 9.38. The molecule has 0 aliphatic rings. The van der Waals surface area contributed by atoms with E-state index in [1.165, 1.54) is 0 Å². The summed E-state index contributed by atoms with van der Waals surface area (Å²) in [7, 11) is 0. The predicted octanol–water partition coefficient (Wildman–Crippen LogP) is 6.52. The van der Waals surface area contributed by atoms with Crippen LogP contribution in [0.4, 0.5) is 0 Å². The molecule has 1 heterocycles. The third-order valence-corrected chi connectivity index (χ3v) is 6.08. The van der Waals surface area contributed by atoms with Gasteiger partial charge in [-0.05, 0) is 69.5 Å². The van der Waals surface area contributed by atoms with Crippen LogP contribution in [0.5, 0.6) is 5.75 Å². The first kappa shape index (κ1) is 28.6. The summed E-state index contributed by atoms with van der Waals surface area (Å²) in [5, 5.41) is 0. The quantitative estimate of drug-likeness (QED) is 0.158. The topological polar surface area (TPSA) is 87.9 Å². The van der Waals surface area contributed by atoms with Crippen LogP contribution in [0.2, 0.25) is 0 Å². The zero-order valence-electron chi connectivity index (χ0n) is 23.4. The summed E-state index contributed by atoms with van der Waals surface area (Å²) in [5.41, 5.74) is 2.69. The lowest BCUT2D eigenvalue weighted by molar-refractivity contribution is -0.169. The van der Waals surface area contributed by atoms with Gasteiger partial charge in [-0.15, -0.1) is 0 Å². The number of hydrogen-bond acceptors (Lipinski definition) is 7. The Labute approximate surface area is 235 Å². The zero-order valence-corrected chi connectivity index (χ0v) is 23.4. The molecule has 0 aliphatic heterocycles. The molecule has 1 atom stereocenters. The molecule has 7 nitrogen and oxygen atoms in total. The number of carbonyl (C=O) groups is 2. The van der Waals surface area contributed by atoms with Crippen LogP contribution in [0, 0.1) is 12.8 Å². The monoisotopic (exact) mass is 541 g/mol. The lowest BCUT2D eigenvalue weighted by Crippen LogP contribution is -2.35. The van der Waals surface area contributed by atoms with Crippen molar-refractivity contribution in [2.75, 3.05) is 6.61 Å². The maximum Gasteiger partial charge on any atom is 0.321 e. The van der Waals surface area contributed by atoms with Crippen LogP contribution >= 0.6 is 0 Å². The highest BCUT2D eigenvalue weighted by Gasteiger charge is 2.33. The standard InChI is InChI=1S/C33H35NO6/c1-23-29(34-30(39-23)26-13-9-6-10-14-26)19-20-37-27-17-15-24(16-18-27)21-28(32(36)40-33(2,3)4)31(35)38-22-25-11-7-5-8-12-25/h5-18,28H,19-22H2,1-4H3. The molecular formula is C33H35NO6. The van der Waals surface area contributed by atoms with Crippen molar-refractivity contribution in [3.63, 3.8) is 0 Å². The largest absolute Gasteiger partial charge is 0.493 e. The summed E-state index contributed by atoms with van der Waals surface area (Å²) >= 11 is 0. The number of carbonyl (C=O) groups excluding carboxylic acids is 2. The summed E-state index contributed by atoms with van der Waals surface area (Å²) in [5.74, 6) is -0.262. The average molecular weight is 542 g/mol. The van der Waals surface area contributed by atoms with Gasteiger partial charge in [0.25, 0.3) is 0 Å². The lowest BCUT2D eigenvalue weighted by Gasteiger charge is -2.23. The summed E-state index contributed by atoms with van der Waals surface area (Å²) in [6, 6.07) is 26.4. The molecule has 0 saturated heterocycles. The van der Waals surface area contributed by atoms with Crippen LogP contribution in [0.1, 0.15) is 43.4 Å². The van der Waals surface area contributed by atoms with Crippen LogP contribution in [-0.2, 0) is 38.5 Å². The third-order valence-electron chi connectivity index (χ3n) is 6.08. The van der Waals surface area contributed by atoms with E-state index >= 15 is 0 Å². The fraction of sp³-hybridized carbons (Fsp3) is 0.303. The second-order valence-electron chi connectivity index (χ2n) is 10.5. The van der Waals surface area contributed by atoms with Gasteiger partial charge in [0, 0.05) is 12.0 Å². The Morgan fingerprint density at radius 2 is 1.50 bits per heavy atom. The minimum absolute atomic E-state index is 0.0869. The molecule has 0 radical (unpaired) electrons. The van der Waals surface area contributed by atoms with Crippen LogP contribution in [0.3, 0.4) is 0 Å². The molecule has 0 spiro atoms. The number of rotatable bonds is 11. The summed E-state index contributed by atoms with van der Waals surface area (Å²) in [6.07, 6.45) is 0.751. The van der Waals surface area contributed by atoms with E-state index in [0.717, 1.165) is 28.1 Å². The third kappa shape index (κ3) is 8.30. The van der Waals surface area contributed by atoms with Crippen molar-refractivity contribution < 1.29 is 28.2 Å². The molecule has 1 aromatic heterocycles. The van der Waals surface area contributed by atoms with Crippen molar-refractivity contribution in [3.8, 4) is 17.2 Å². The molecule has 1 unspecified atom stereocenters. The van der Waals surface area contributed by atoms with Crippen LogP contribution in [0.15, 0.2) is 89.3 Å². The average Bonchev–Trinajstić information content (AvgIpc) is 3.31. The van der Waals surface area contributed by atoms with Gasteiger partial charge >= 0.3 is 11.9 Å². The number of aryl methyl sites for hydroxylation is 1. The fourth-order valence-corrected chi connectivity index (χ4v) is 4.05. The molecule has 3 aromatic carbocycles. The number of ether oxygens (including phenoxy) is 3. The molecule has 4 aromatic rings. The molecule has 40 heavy (non-hydrogen) atoms. The van der Waals surface area contributed by atoms with Crippen molar-refractivity contribution in [3.05, 3.63) is 108 Å². The van der Waals surface area contributed by atoms with Gasteiger partial charge in [0.1, 0.15) is 23.7 Å². The first-order valence-electron chi connectivity index (χ1n) is 13.3. The number of nitrogens with zero attached hydrogens (tertiary/aromatic N) is 1. The van der Waals surface area contributed by atoms with Gasteiger partial charge in [0.15, 0.2) is 5.92 Å². The van der Waals surface area contributed by atoms with Gasteiger partial charge in [-0.1, -0.05) is 60.7 Å². The van der Waals surface area contributed by atoms with Gasteiger partial charge in [-0.2, -0.15) is 0 Å². The van der Waals surface area contributed by atoms with E-state index in [9.17, 15) is 9.59 Å². The SMILES string of the molecule is Cc1oc(-c2ccccc2)nc1CCOc1ccc(CC(C(=O)OCc2ccccc2)C(=O)OC(C)(C)C)cc1. The van der Waals surface area contributed by atoms with Gasteiger partial charge in [0.05, 0.1) is 12.3 Å². The Morgan fingerprint density at radius 3 is 2.15 bits per heavy atom. The Hall–Kier alpha value is -4.39. The molecule has 0 amide bonds. The Morgan fingerprint density at radius 1 is 0.850 bits per heavy atom. The van der Waals surface area contributed by atoms with Gasteiger partial charge in [-0.3, -0.25) is 9.59 Å². The predicted molar refractivity (Wildman–Crippen MR) is 152 cm³/mol. The second-order valence-corrected chi connectivity index (χ2v) is 10.5. The summed E-state index contributed by atoms with van der Waals surface area (Å²) in [6.45, 7) is 7.72. The van der Waals surface area contributed by atoms with E-state index in [-0.39, 0.29) is 13.0 Å². The Bertz CT molecular complexity index is 1390. The van der Waals surface area contributed by atoms with Gasteiger partial charge in [-0.25, -0.2) is 4.98 Å². The van der Waals surface area contributed by atoms with Crippen LogP contribution < -0.4 is 4.74 Å². The van der Waals surface area contributed by atoms with E-state index in [1.54, 1.807) is 20.8 Å². The van der Waals surface area contributed by atoms with Crippen molar-refractivity contribution in [2.24, 2.45) is 5.92 Å². The maximum absolute atomic E-state index is 12.9. The van der Waals surface area contributed by atoms with E-state index < -0.39 is 23.5 Å². The molecular weight excluding hydrogens is 506 g/mol. The molecule has 0 fully saturated rings. The smallest absolute Gasteiger partial charge is 0.321 e. The molecule has 7 heteroatoms. The number of esters is 2. The summed E-state index contributed by atoms with van der Waals surface area (Å²) in [4.78, 5) is 30.5. The first-order chi connectivity index (χ1) is 19.2. The van der Waals surface area contributed by atoms with Crippen molar-refractivity contribution >= 4 is 11.9 Å². The van der Waals surface area contributed by atoms with Crippen molar-refractivity contribution in [2.45, 2.75) is 52.7 Å². The van der Waals surface area contributed by atoms with Gasteiger partial charge < -0.3 is 18.6 Å². The Balaban J connectivity index is 1.35. The van der Waals surface area contributed by atoms with E-state index in [0.29, 0.717) is 24.7 Å². The minimum atomic E-state index is -1.08. The highest BCUT2D eigenvalue weighted by Crippen LogP contribution is 2.23. The molecule has 0 bridgehead atoms. The normalized spacial score (nSPS) is 12.0. The lowest BCUT2D eigenvalue weighted by atomic mass is 9.99. The van der Waals surface area contributed by atoms with Crippen LogP contribution in [-0.4, -0.2) is 29.1 Å². The maximum atomic E-state index is 12.9. The fourth-order valence-electron chi connectivity index (χ4n) is 4.05. The zero-order chi connectivity index (χ0) is 28.5. The van der Waals surface area contributed by atoms with Gasteiger partial charge in [0.2, 0.25) is 5.89 Å². The molecule has 208 valence electrons. The van der Waals surface area contributed by atoms with E-state index in [1.807, 2.05) is 91.9 Å². The minimum Gasteiger partial charge on any atom is -0.493 e. The number of benzene rings is 3. The molecule has 4 rings (SSSR count). The van der Waals surface area contributed by atoms with Crippen molar-refractivity contribution in [1.82, 2.24) is 4.98 Å². The van der Waals surface area contributed by atoms with E-state index in [4.69, 9.17) is 18.6 Å². The molecule has 0 N–H and O–H groups in total. The molecule has 0 aliphatic carbocycles. The highest BCUT2D eigenvalue weighted by atomic mass is 16.6. The van der Waals surface area contributed by atoms with E-state index in [2.05, 4.69) is 4.98 Å². The first-order valence-corrected chi connectivity index (χ1v) is 13.3. The number of hydrogen-bond donors (Lipinski definition) is 0. The summed E-state index contributed by atoms with van der Waals surface area (Å²) < 4.78 is 22.8. The number of aromatic nitrogens is 1.